The minimum Gasteiger partial charge on any atom is -0.299 e. The van der Waals surface area contributed by atoms with E-state index in [0.29, 0.717) is 0 Å². The quantitative estimate of drug-likeness (QED) is 0.724. The summed E-state index contributed by atoms with van der Waals surface area (Å²) in [5.41, 5.74) is 1.03. The van der Waals surface area contributed by atoms with Crippen LogP contribution in [0.25, 0.3) is 0 Å². The third-order valence-corrected chi connectivity index (χ3v) is 2.46. The average Bonchev–Trinajstić information content (AvgIpc) is 2.61. The van der Waals surface area contributed by atoms with E-state index in [4.69, 9.17) is 0 Å². The molecule has 0 aromatic carbocycles. The highest BCUT2D eigenvalue weighted by atomic mass is 15.4. The predicted octanol–water partition coefficient (Wildman–Crippen LogP) is -0.768. The van der Waals surface area contributed by atoms with E-state index in [-0.39, 0.29) is 0 Å². The Bertz CT molecular complexity index is 421. The molecule has 0 aliphatic carbocycles. The van der Waals surface area contributed by atoms with Crippen molar-refractivity contribution in [3.63, 3.8) is 0 Å². The topological polar surface area (TPSA) is 45.3 Å². The fourth-order valence-electron chi connectivity index (χ4n) is 1.62. The molecule has 1 aliphatic rings. The first-order chi connectivity index (χ1) is 7.68. The van der Waals surface area contributed by atoms with E-state index in [9.17, 15) is 0 Å². The number of hydrogen-bond donors (Lipinski definition) is 1. The van der Waals surface area contributed by atoms with E-state index < -0.39 is 0 Å². The Balaban J connectivity index is 2.13. The van der Waals surface area contributed by atoms with Crippen molar-refractivity contribution in [2.24, 2.45) is 10.2 Å². The minimum atomic E-state index is 0.819. The molecule has 0 fully saturated rings. The molecule has 0 spiro atoms. The van der Waals surface area contributed by atoms with Crippen molar-refractivity contribution in [1.82, 2.24) is 9.88 Å². The van der Waals surface area contributed by atoms with Gasteiger partial charge in [0.2, 0.25) is 5.84 Å². The van der Waals surface area contributed by atoms with Crippen LogP contribution >= 0.6 is 0 Å². The molecular weight excluding hydrogens is 202 g/mol. The first-order valence-electron chi connectivity index (χ1n) is 5.22. The number of nitrogens with one attached hydrogen (secondary N) is 1. The van der Waals surface area contributed by atoms with E-state index in [1.807, 2.05) is 32.4 Å². The van der Waals surface area contributed by atoms with E-state index in [2.05, 4.69) is 27.1 Å². The fourth-order valence-corrected chi connectivity index (χ4v) is 1.62. The Morgan fingerprint density at radius 1 is 1.31 bits per heavy atom. The summed E-state index contributed by atoms with van der Waals surface area (Å²) >= 11 is 0. The van der Waals surface area contributed by atoms with E-state index in [0.717, 1.165) is 28.7 Å². The smallest absolute Gasteiger partial charge is 0.260 e. The van der Waals surface area contributed by atoms with Crippen LogP contribution in [0.15, 0.2) is 34.7 Å². The van der Waals surface area contributed by atoms with Crippen molar-refractivity contribution in [2.45, 2.75) is 0 Å². The minimum absolute atomic E-state index is 0.819. The number of amidine groups is 2. The van der Waals surface area contributed by atoms with Gasteiger partial charge in [-0.15, -0.1) is 0 Å². The van der Waals surface area contributed by atoms with Crippen LogP contribution in [0.1, 0.15) is 5.56 Å². The molecule has 5 nitrogen and oxygen atoms in total. The third kappa shape index (κ3) is 2.15. The van der Waals surface area contributed by atoms with Gasteiger partial charge in [0.25, 0.3) is 5.84 Å². The predicted molar refractivity (Wildman–Crippen MR) is 63.6 cm³/mol. The molecule has 1 atom stereocenters. The van der Waals surface area contributed by atoms with Crippen molar-refractivity contribution in [3.05, 3.63) is 30.1 Å². The van der Waals surface area contributed by atoms with E-state index in [1.54, 1.807) is 6.20 Å². The van der Waals surface area contributed by atoms with Crippen molar-refractivity contribution < 1.29 is 4.90 Å². The lowest BCUT2D eigenvalue weighted by Gasteiger charge is -2.13. The average molecular weight is 218 g/mol. The molecule has 0 saturated carbocycles. The summed E-state index contributed by atoms with van der Waals surface area (Å²) in [6.07, 6.45) is 3.58. The molecule has 1 unspecified atom stereocenters. The van der Waals surface area contributed by atoms with Gasteiger partial charge in [0.15, 0.2) is 0 Å². The maximum absolute atomic E-state index is 4.22. The lowest BCUT2D eigenvalue weighted by Crippen LogP contribution is -3.14. The zero-order chi connectivity index (χ0) is 11.5. The van der Waals surface area contributed by atoms with Crippen molar-refractivity contribution >= 4 is 11.7 Å². The summed E-state index contributed by atoms with van der Waals surface area (Å²) < 4.78 is 0. The Hall–Kier alpha value is -1.59. The Morgan fingerprint density at radius 3 is 2.75 bits per heavy atom. The number of hydrogen-bond acceptors (Lipinski definition) is 4. The Morgan fingerprint density at radius 2 is 2.12 bits per heavy atom. The van der Waals surface area contributed by atoms with Crippen LogP contribution in [0.4, 0.5) is 0 Å². The molecule has 5 heteroatoms. The maximum Gasteiger partial charge on any atom is 0.260 e. The lowest BCUT2D eigenvalue weighted by atomic mass is 10.2. The molecule has 84 valence electrons. The molecule has 1 aromatic rings. The Kier molecular flexibility index (Phi) is 3.07. The highest BCUT2D eigenvalue weighted by molar-refractivity contribution is 6.00. The highest BCUT2D eigenvalue weighted by Crippen LogP contribution is 1.98. The molecule has 0 radical (unpaired) electrons. The molecule has 2 heterocycles. The van der Waals surface area contributed by atoms with Crippen LogP contribution in [0.5, 0.6) is 0 Å². The molecule has 1 aromatic heterocycles. The first kappa shape index (κ1) is 10.9. The largest absolute Gasteiger partial charge is 0.299 e. The summed E-state index contributed by atoms with van der Waals surface area (Å²) in [6, 6.07) is 3.92. The zero-order valence-corrected chi connectivity index (χ0v) is 9.81. The summed E-state index contributed by atoms with van der Waals surface area (Å²) in [4.78, 5) is 7.32. The second-order valence-corrected chi connectivity index (χ2v) is 4.10. The summed E-state index contributed by atoms with van der Waals surface area (Å²) in [6.45, 7) is 0.819. The molecule has 2 rings (SSSR count). The van der Waals surface area contributed by atoms with Crippen LogP contribution < -0.4 is 4.90 Å². The summed E-state index contributed by atoms with van der Waals surface area (Å²) in [5, 5.41) is 8.44. The molecule has 1 N–H and O–H groups in total. The van der Waals surface area contributed by atoms with Crippen molar-refractivity contribution in [2.75, 3.05) is 27.7 Å². The third-order valence-electron chi connectivity index (χ3n) is 2.46. The normalized spacial score (nSPS) is 19.9. The zero-order valence-electron chi connectivity index (χ0n) is 9.81. The monoisotopic (exact) mass is 218 g/mol. The van der Waals surface area contributed by atoms with Gasteiger partial charge in [0, 0.05) is 12.4 Å². The van der Waals surface area contributed by atoms with Crippen LogP contribution in [0.3, 0.4) is 0 Å². The maximum atomic E-state index is 4.22. The van der Waals surface area contributed by atoms with Crippen LogP contribution in [0.2, 0.25) is 0 Å². The van der Waals surface area contributed by atoms with Gasteiger partial charge >= 0.3 is 0 Å². The molecule has 0 amide bonds. The second kappa shape index (κ2) is 4.51. The molecule has 0 bridgehead atoms. The molecule has 0 saturated heterocycles. The SMILES string of the molecule is CN(C)CC1=NN=C(c2cccnc2)[NH+]1C. The van der Waals surface area contributed by atoms with Crippen LogP contribution in [-0.4, -0.2) is 49.2 Å². The second-order valence-electron chi connectivity index (χ2n) is 4.10. The summed E-state index contributed by atoms with van der Waals surface area (Å²) in [5.74, 6) is 1.97. The summed E-state index contributed by atoms with van der Waals surface area (Å²) in [7, 11) is 6.11. The number of nitrogens with zero attached hydrogens (tertiary/aromatic N) is 4. The van der Waals surface area contributed by atoms with Gasteiger partial charge in [-0.2, -0.15) is 0 Å². The number of quaternary nitrogens is 1. The fraction of sp³-hybridized carbons (Fsp3) is 0.364. The molecule has 16 heavy (non-hydrogen) atoms. The lowest BCUT2D eigenvalue weighted by molar-refractivity contribution is -0.672. The standard InChI is InChI=1S/C11H15N5/c1-15(2)8-10-13-14-11(16(10)3)9-5-4-6-12-7-9/h4-7H,8H2,1-3H3/p+1. The van der Waals surface area contributed by atoms with Gasteiger partial charge in [-0.1, -0.05) is 10.2 Å². The van der Waals surface area contributed by atoms with Gasteiger partial charge in [-0.3, -0.25) is 9.88 Å². The van der Waals surface area contributed by atoms with E-state index in [1.165, 1.54) is 0 Å². The molecule has 1 aliphatic heterocycles. The number of aromatic nitrogens is 1. The van der Waals surface area contributed by atoms with Crippen LogP contribution in [-0.2, 0) is 0 Å². The van der Waals surface area contributed by atoms with Gasteiger partial charge in [0.1, 0.15) is 0 Å². The first-order valence-corrected chi connectivity index (χ1v) is 5.22. The van der Waals surface area contributed by atoms with E-state index >= 15 is 0 Å². The molecular formula is C11H16N5+. The van der Waals surface area contributed by atoms with Crippen molar-refractivity contribution in [3.8, 4) is 0 Å². The van der Waals surface area contributed by atoms with Crippen LogP contribution in [0, 0.1) is 0 Å². The highest BCUT2D eigenvalue weighted by Gasteiger charge is 2.27. The van der Waals surface area contributed by atoms with Gasteiger partial charge < -0.3 is 0 Å². The number of rotatable bonds is 3. The number of pyridine rings is 1. The number of likely N-dealkylation sites (N-methyl/N-ethyl adjacent to an activating group) is 2. The van der Waals surface area contributed by atoms with Gasteiger partial charge in [-0.25, -0.2) is 4.90 Å². The van der Waals surface area contributed by atoms with Gasteiger partial charge in [-0.05, 0) is 26.2 Å². The Labute approximate surface area is 95.1 Å². The van der Waals surface area contributed by atoms with Gasteiger partial charge in [0.05, 0.1) is 19.2 Å². The van der Waals surface area contributed by atoms with Crippen molar-refractivity contribution in [1.29, 1.82) is 0 Å².